The smallest absolute Gasteiger partial charge is 0.171 e. The van der Waals surface area contributed by atoms with Crippen molar-refractivity contribution in [2.75, 3.05) is 6.61 Å². The molecular formula is C19H15ClO2. The Balaban J connectivity index is 1.65. The van der Waals surface area contributed by atoms with Gasteiger partial charge in [0.15, 0.2) is 5.78 Å². The van der Waals surface area contributed by atoms with Crippen molar-refractivity contribution in [3.05, 3.63) is 76.8 Å². The third-order valence-corrected chi connectivity index (χ3v) is 4.89. The molecule has 0 saturated carbocycles. The van der Waals surface area contributed by atoms with Crippen molar-refractivity contribution in [2.45, 2.75) is 12.0 Å². The van der Waals surface area contributed by atoms with Gasteiger partial charge in [0.25, 0.3) is 0 Å². The maximum atomic E-state index is 12.7. The molecule has 0 aromatic heterocycles. The number of allylic oxidation sites excluding steroid dienone is 1. The van der Waals surface area contributed by atoms with Gasteiger partial charge < -0.3 is 4.74 Å². The van der Waals surface area contributed by atoms with Crippen molar-refractivity contribution in [1.82, 2.24) is 0 Å². The maximum Gasteiger partial charge on any atom is 0.171 e. The second-order valence-corrected chi connectivity index (χ2v) is 6.42. The average molecular weight is 311 g/mol. The zero-order chi connectivity index (χ0) is 15.3. The van der Waals surface area contributed by atoms with Crippen LogP contribution in [0.5, 0.6) is 0 Å². The first-order valence-electron chi connectivity index (χ1n) is 7.33. The minimum atomic E-state index is -0.393. The second-order valence-electron chi connectivity index (χ2n) is 5.99. The number of carbonyl (C=O) groups is 1. The first kappa shape index (κ1) is 13.7. The molecule has 2 nitrogen and oxygen atoms in total. The molecule has 0 N–H and O–H groups in total. The van der Waals surface area contributed by atoms with Crippen molar-refractivity contribution in [1.29, 1.82) is 0 Å². The van der Waals surface area contributed by atoms with Crippen LogP contribution in [0.2, 0.25) is 5.02 Å². The number of benzene rings is 2. The Hall–Kier alpha value is -1.90. The predicted molar refractivity (Wildman–Crippen MR) is 87.0 cm³/mol. The Morgan fingerprint density at radius 3 is 2.55 bits per heavy atom. The summed E-state index contributed by atoms with van der Waals surface area (Å²) in [5.41, 5.74) is 3.30. The van der Waals surface area contributed by atoms with E-state index in [0.29, 0.717) is 18.1 Å². The molecule has 1 heterocycles. The fourth-order valence-corrected chi connectivity index (χ4v) is 3.51. The molecule has 1 saturated heterocycles. The van der Waals surface area contributed by atoms with Crippen LogP contribution in [-0.2, 0) is 10.3 Å². The van der Waals surface area contributed by atoms with Gasteiger partial charge in [0.1, 0.15) is 5.60 Å². The standard InChI is InChI=1S/C19H15ClO2/c1-12-15-7-2-3-8-16(15)18(21)17(12)10-19(11-22-19)13-5-4-6-14(20)9-13/h2-9,17H,1,10-11H2. The van der Waals surface area contributed by atoms with Crippen LogP contribution in [-0.4, -0.2) is 12.4 Å². The lowest BCUT2D eigenvalue weighted by Crippen LogP contribution is -2.19. The maximum absolute atomic E-state index is 12.7. The molecule has 0 amide bonds. The van der Waals surface area contributed by atoms with E-state index in [1.165, 1.54) is 0 Å². The van der Waals surface area contributed by atoms with E-state index >= 15 is 0 Å². The van der Waals surface area contributed by atoms with Crippen molar-refractivity contribution in [2.24, 2.45) is 5.92 Å². The first-order valence-corrected chi connectivity index (χ1v) is 7.71. The third-order valence-electron chi connectivity index (χ3n) is 4.65. The molecule has 4 rings (SSSR count). The fraction of sp³-hybridized carbons (Fsp3) is 0.211. The van der Waals surface area contributed by atoms with E-state index < -0.39 is 5.60 Å². The summed E-state index contributed by atoms with van der Waals surface area (Å²) >= 11 is 6.09. The quantitative estimate of drug-likeness (QED) is 0.782. The van der Waals surface area contributed by atoms with E-state index in [0.717, 1.165) is 22.3 Å². The van der Waals surface area contributed by atoms with Gasteiger partial charge in [-0.25, -0.2) is 0 Å². The Labute approximate surface area is 134 Å². The number of ketones is 1. The lowest BCUT2D eigenvalue weighted by atomic mass is 9.85. The average Bonchev–Trinajstić information content (AvgIpc) is 3.28. The summed E-state index contributed by atoms with van der Waals surface area (Å²) in [7, 11) is 0. The second kappa shape index (κ2) is 4.80. The van der Waals surface area contributed by atoms with Crippen molar-refractivity contribution in [3.8, 4) is 0 Å². The topological polar surface area (TPSA) is 29.6 Å². The van der Waals surface area contributed by atoms with Crippen molar-refractivity contribution < 1.29 is 9.53 Å². The van der Waals surface area contributed by atoms with Gasteiger partial charge in [-0.15, -0.1) is 0 Å². The molecule has 2 atom stereocenters. The summed E-state index contributed by atoms with van der Waals surface area (Å²) in [5.74, 6) is -0.0589. The molecule has 0 bridgehead atoms. The van der Waals surface area contributed by atoms with Gasteiger partial charge in [-0.2, -0.15) is 0 Å². The van der Waals surface area contributed by atoms with Crippen molar-refractivity contribution in [3.63, 3.8) is 0 Å². The summed E-state index contributed by atoms with van der Waals surface area (Å²) in [6.45, 7) is 4.77. The Morgan fingerprint density at radius 2 is 1.91 bits per heavy atom. The van der Waals surface area contributed by atoms with Crippen LogP contribution in [0.3, 0.4) is 0 Å². The van der Waals surface area contributed by atoms with E-state index in [2.05, 4.69) is 6.58 Å². The van der Waals surface area contributed by atoms with Crippen LogP contribution in [0.4, 0.5) is 0 Å². The zero-order valence-electron chi connectivity index (χ0n) is 12.0. The van der Waals surface area contributed by atoms with Gasteiger partial charge >= 0.3 is 0 Å². The van der Waals surface area contributed by atoms with Crippen LogP contribution in [0.15, 0.2) is 55.1 Å². The van der Waals surface area contributed by atoms with Crippen LogP contribution in [0.25, 0.3) is 5.57 Å². The highest BCUT2D eigenvalue weighted by Gasteiger charge is 2.51. The van der Waals surface area contributed by atoms with E-state index in [4.69, 9.17) is 16.3 Å². The normalized spacial score (nSPS) is 26.1. The molecule has 22 heavy (non-hydrogen) atoms. The SMILES string of the molecule is C=C1c2ccccc2C(=O)C1CC1(c2cccc(Cl)c2)CO1. The number of hydrogen-bond donors (Lipinski definition) is 0. The van der Waals surface area contributed by atoms with Crippen LogP contribution in [0, 0.1) is 5.92 Å². The summed E-state index contributed by atoms with van der Waals surface area (Å²) in [6, 6.07) is 15.4. The van der Waals surface area contributed by atoms with E-state index in [9.17, 15) is 4.79 Å². The van der Waals surface area contributed by atoms with Crippen LogP contribution < -0.4 is 0 Å². The highest BCUT2D eigenvalue weighted by Crippen LogP contribution is 2.49. The molecule has 2 aromatic carbocycles. The van der Waals surface area contributed by atoms with Gasteiger partial charge in [0.05, 0.1) is 12.5 Å². The number of halogens is 1. The predicted octanol–water partition coefficient (Wildman–Crippen LogP) is 4.48. The number of carbonyl (C=O) groups excluding carboxylic acids is 1. The van der Waals surface area contributed by atoms with E-state index in [1.54, 1.807) is 0 Å². The molecule has 0 radical (unpaired) electrons. The molecule has 0 spiro atoms. The van der Waals surface area contributed by atoms with Crippen molar-refractivity contribution >= 4 is 23.0 Å². The number of epoxide rings is 1. The molecule has 1 fully saturated rings. The molecule has 1 aliphatic heterocycles. The molecule has 110 valence electrons. The highest BCUT2D eigenvalue weighted by molar-refractivity contribution is 6.30. The Kier molecular flexibility index (Phi) is 3.00. The van der Waals surface area contributed by atoms with E-state index in [-0.39, 0.29) is 11.7 Å². The fourth-order valence-electron chi connectivity index (χ4n) is 3.32. The largest absolute Gasteiger partial charge is 0.364 e. The minimum Gasteiger partial charge on any atom is -0.364 e. The number of Topliss-reactive ketones (excluding diaryl/α,β-unsaturated/α-hetero) is 1. The molecule has 1 aliphatic carbocycles. The Bertz CT molecular complexity index is 755. The number of rotatable bonds is 3. The zero-order valence-corrected chi connectivity index (χ0v) is 12.8. The molecule has 2 aromatic rings. The van der Waals surface area contributed by atoms with Crippen LogP contribution in [0.1, 0.15) is 27.9 Å². The molecular weight excluding hydrogens is 296 g/mol. The lowest BCUT2D eigenvalue weighted by Gasteiger charge is -2.17. The highest BCUT2D eigenvalue weighted by atomic mass is 35.5. The van der Waals surface area contributed by atoms with Gasteiger partial charge in [0.2, 0.25) is 0 Å². The first-order chi connectivity index (χ1) is 10.6. The summed E-state index contributed by atoms with van der Waals surface area (Å²) in [6.07, 6.45) is 0.625. The van der Waals surface area contributed by atoms with Crippen LogP contribution >= 0.6 is 11.6 Å². The Morgan fingerprint density at radius 1 is 1.18 bits per heavy atom. The van der Waals surface area contributed by atoms with E-state index in [1.807, 2.05) is 48.5 Å². The monoisotopic (exact) mass is 310 g/mol. The summed E-state index contributed by atoms with van der Waals surface area (Å²) in [4.78, 5) is 12.7. The third kappa shape index (κ3) is 2.03. The van der Waals surface area contributed by atoms with Gasteiger partial charge in [-0.1, -0.05) is 54.6 Å². The van der Waals surface area contributed by atoms with Gasteiger partial charge in [-0.05, 0) is 35.3 Å². The summed E-state index contributed by atoms with van der Waals surface area (Å²) in [5, 5.41) is 0.687. The summed E-state index contributed by atoms with van der Waals surface area (Å²) < 4.78 is 5.74. The lowest BCUT2D eigenvalue weighted by molar-refractivity contribution is 0.0936. The number of fused-ring (bicyclic) bond motifs is 1. The number of ether oxygens (including phenoxy) is 1. The van der Waals surface area contributed by atoms with Gasteiger partial charge in [0, 0.05) is 10.6 Å². The molecule has 2 unspecified atom stereocenters. The number of hydrogen-bond acceptors (Lipinski definition) is 2. The minimum absolute atomic E-state index is 0.150. The van der Waals surface area contributed by atoms with Gasteiger partial charge in [-0.3, -0.25) is 4.79 Å². The molecule has 3 heteroatoms. The molecule has 2 aliphatic rings.